The van der Waals surface area contributed by atoms with Crippen molar-refractivity contribution in [1.82, 2.24) is 14.9 Å². The van der Waals surface area contributed by atoms with Gasteiger partial charge in [-0.15, -0.1) is 11.3 Å². The van der Waals surface area contributed by atoms with Gasteiger partial charge >= 0.3 is 0 Å². The van der Waals surface area contributed by atoms with Crippen LogP contribution in [0.15, 0.2) is 35.7 Å². The van der Waals surface area contributed by atoms with E-state index in [0.29, 0.717) is 6.10 Å². The van der Waals surface area contributed by atoms with E-state index in [4.69, 9.17) is 14.7 Å². The van der Waals surface area contributed by atoms with Crippen molar-refractivity contribution in [3.8, 4) is 11.1 Å². The van der Waals surface area contributed by atoms with Gasteiger partial charge in [-0.05, 0) is 25.3 Å². The molecule has 28 heavy (non-hydrogen) atoms. The van der Waals surface area contributed by atoms with Crippen LogP contribution in [-0.4, -0.2) is 60.3 Å². The molecule has 0 bridgehead atoms. The van der Waals surface area contributed by atoms with Crippen LogP contribution in [0.3, 0.4) is 0 Å². The lowest BCUT2D eigenvalue weighted by Gasteiger charge is -2.36. The minimum Gasteiger partial charge on any atom is -0.377 e. The molecule has 0 amide bonds. The second-order valence-corrected chi connectivity index (χ2v) is 8.57. The van der Waals surface area contributed by atoms with Gasteiger partial charge in [0.05, 0.1) is 11.5 Å². The summed E-state index contributed by atoms with van der Waals surface area (Å²) >= 11 is 1.72. The van der Waals surface area contributed by atoms with Crippen LogP contribution < -0.4 is 4.90 Å². The van der Waals surface area contributed by atoms with Crippen LogP contribution in [-0.2, 0) is 4.74 Å². The highest BCUT2D eigenvalue weighted by Gasteiger charge is 2.25. The Morgan fingerprint density at radius 3 is 2.68 bits per heavy atom. The first-order chi connectivity index (χ1) is 13.8. The first-order valence-electron chi connectivity index (χ1n) is 10.2. The van der Waals surface area contributed by atoms with Crippen molar-refractivity contribution in [1.29, 1.82) is 0 Å². The normalized spacial score (nSPS) is 20.9. The van der Waals surface area contributed by atoms with E-state index in [1.165, 1.54) is 29.4 Å². The van der Waals surface area contributed by atoms with Gasteiger partial charge in [0, 0.05) is 50.3 Å². The van der Waals surface area contributed by atoms with Crippen molar-refractivity contribution in [2.75, 3.05) is 44.2 Å². The Bertz CT molecular complexity index is 944. The van der Waals surface area contributed by atoms with Crippen LogP contribution >= 0.6 is 11.3 Å². The first kappa shape index (κ1) is 18.0. The molecule has 0 radical (unpaired) electrons. The van der Waals surface area contributed by atoms with Crippen molar-refractivity contribution in [2.24, 2.45) is 0 Å². The molecule has 3 aromatic rings. The molecular formula is C22H26N4OS. The molecule has 4 heterocycles. The molecule has 146 valence electrons. The molecule has 1 aromatic carbocycles. The van der Waals surface area contributed by atoms with Crippen molar-refractivity contribution in [3.05, 3.63) is 41.5 Å². The molecule has 5 nitrogen and oxygen atoms in total. The highest BCUT2D eigenvalue weighted by Crippen LogP contribution is 2.38. The van der Waals surface area contributed by atoms with Gasteiger partial charge in [0.2, 0.25) is 0 Å². The number of anilines is 1. The van der Waals surface area contributed by atoms with E-state index in [9.17, 15) is 0 Å². The molecule has 2 fully saturated rings. The summed E-state index contributed by atoms with van der Waals surface area (Å²) in [6.45, 7) is 8.14. The number of hydrogen-bond acceptors (Lipinski definition) is 6. The predicted molar refractivity (Wildman–Crippen MR) is 115 cm³/mol. The van der Waals surface area contributed by atoms with Crippen LogP contribution in [0.2, 0.25) is 0 Å². The van der Waals surface area contributed by atoms with E-state index in [0.717, 1.165) is 55.8 Å². The monoisotopic (exact) mass is 394 g/mol. The Hall–Kier alpha value is -2.02. The minimum atomic E-state index is 0.432. The fourth-order valence-electron chi connectivity index (χ4n) is 4.30. The third-order valence-electron chi connectivity index (χ3n) is 5.77. The number of aromatic nitrogens is 2. The molecule has 1 atom stereocenters. The lowest BCUT2D eigenvalue weighted by molar-refractivity contribution is 0.0712. The summed E-state index contributed by atoms with van der Waals surface area (Å²) < 4.78 is 5.82. The van der Waals surface area contributed by atoms with Gasteiger partial charge in [0.15, 0.2) is 0 Å². The van der Waals surface area contributed by atoms with Gasteiger partial charge < -0.3 is 9.64 Å². The zero-order chi connectivity index (χ0) is 18.9. The summed E-state index contributed by atoms with van der Waals surface area (Å²) in [5.41, 5.74) is 2.48. The van der Waals surface area contributed by atoms with Gasteiger partial charge in [0.25, 0.3) is 0 Å². The second-order valence-electron chi connectivity index (χ2n) is 7.71. The number of ether oxygens (including phenoxy) is 1. The molecular weight excluding hydrogens is 368 g/mol. The number of nitrogens with zero attached hydrogens (tertiary/aromatic N) is 4. The predicted octanol–water partition coefficient (Wildman–Crippen LogP) is 3.97. The molecule has 0 aliphatic carbocycles. The highest BCUT2D eigenvalue weighted by atomic mass is 32.1. The third-order valence-corrected chi connectivity index (χ3v) is 6.64. The average Bonchev–Trinajstić information content (AvgIpc) is 3.38. The van der Waals surface area contributed by atoms with E-state index in [2.05, 4.69) is 45.5 Å². The number of rotatable bonds is 4. The lowest BCUT2D eigenvalue weighted by Crippen LogP contribution is -2.48. The maximum atomic E-state index is 5.82. The van der Waals surface area contributed by atoms with Gasteiger partial charge in [0.1, 0.15) is 16.5 Å². The fraction of sp³-hybridized carbons (Fsp3) is 0.455. The minimum absolute atomic E-state index is 0.432. The van der Waals surface area contributed by atoms with Crippen LogP contribution in [0.1, 0.15) is 18.7 Å². The second kappa shape index (κ2) is 7.78. The van der Waals surface area contributed by atoms with Crippen LogP contribution in [0, 0.1) is 6.92 Å². The van der Waals surface area contributed by atoms with Crippen LogP contribution in [0.25, 0.3) is 21.3 Å². The zero-order valence-corrected chi connectivity index (χ0v) is 17.1. The summed E-state index contributed by atoms with van der Waals surface area (Å²) in [6, 6.07) is 10.6. The van der Waals surface area contributed by atoms with E-state index in [1.807, 2.05) is 6.92 Å². The van der Waals surface area contributed by atoms with Gasteiger partial charge in [-0.2, -0.15) is 0 Å². The molecule has 0 saturated carbocycles. The molecule has 2 aliphatic rings. The Balaban J connectivity index is 1.42. The van der Waals surface area contributed by atoms with Crippen molar-refractivity contribution < 1.29 is 4.74 Å². The number of aryl methyl sites for hydroxylation is 1. The number of fused-ring (bicyclic) bond motifs is 1. The van der Waals surface area contributed by atoms with Crippen LogP contribution in [0.4, 0.5) is 5.82 Å². The first-order valence-corrected chi connectivity index (χ1v) is 11.1. The maximum absolute atomic E-state index is 5.82. The zero-order valence-electron chi connectivity index (χ0n) is 16.3. The SMILES string of the molecule is Cc1nc(N2CCN(C[C@@H]3CCCO3)CC2)c2c(-c3ccccc3)csc2n1. The quantitative estimate of drug-likeness (QED) is 0.670. The van der Waals surface area contributed by atoms with E-state index in [-0.39, 0.29) is 0 Å². The Kier molecular flexibility index (Phi) is 5.01. The largest absolute Gasteiger partial charge is 0.377 e. The van der Waals surface area contributed by atoms with Crippen molar-refractivity contribution in [2.45, 2.75) is 25.9 Å². The Morgan fingerprint density at radius 1 is 1.11 bits per heavy atom. The lowest BCUT2D eigenvalue weighted by atomic mass is 10.1. The summed E-state index contributed by atoms with van der Waals surface area (Å²) in [5, 5.41) is 3.43. The Labute approximate surface area is 170 Å². The van der Waals surface area contributed by atoms with Crippen molar-refractivity contribution >= 4 is 27.4 Å². The van der Waals surface area contributed by atoms with Crippen LogP contribution in [0.5, 0.6) is 0 Å². The number of thiophene rings is 1. The van der Waals surface area contributed by atoms with Crippen molar-refractivity contribution in [3.63, 3.8) is 0 Å². The topological polar surface area (TPSA) is 41.5 Å². The fourth-order valence-corrected chi connectivity index (χ4v) is 5.29. The number of hydrogen-bond donors (Lipinski definition) is 0. The molecule has 6 heteroatoms. The molecule has 0 spiro atoms. The molecule has 2 aromatic heterocycles. The third kappa shape index (κ3) is 3.52. The summed E-state index contributed by atoms with van der Waals surface area (Å²) in [6.07, 6.45) is 2.85. The maximum Gasteiger partial charge on any atom is 0.141 e. The molecule has 2 aliphatic heterocycles. The van der Waals surface area contributed by atoms with E-state index >= 15 is 0 Å². The summed E-state index contributed by atoms with van der Waals surface area (Å²) in [7, 11) is 0. The number of piperazine rings is 1. The van der Waals surface area contributed by atoms with Gasteiger partial charge in [-0.3, -0.25) is 4.90 Å². The highest BCUT2D eigenvalue weighted by molar-refractivity contribution is 7.17. The van der Waals surface area contributed by atoms with Gasteiger partial charge in [-0.1, -0.05) is 30.3 Å². The van der Waals surface area contributed by atoms with E-state index in [1.54, 1.807) is 11.3 Å². The average molecular weight is 395 g/mol. The molecule has 5 rings (SSSR count). The summed E-state index contributed by atoms with van der Waals surface area (Å²) in [4.78, 5) is 15.7. The summed E-state index contributed by atoms with van der Waals surface area (Å²) in [5.74, 6) is 1.95. The smallest absolute Gasteiger partial charge is 0.141 e. The van der Waals surface area contributed by atoms with E-state index < -0.39 is 0 Å². The standard InChI is InChI=1S/C22H26N4OS/c1-16-23-21(26-11-9-25(10-12-26)14-18-8-5-13-27-18)20-19(15-28-22(20)24-16)17-6-3-2-4-7-17/h2-4,6-7,15,18H,5,8-14H2,1H3/t18-/m0/s1. The Morgan fingerprint density at radius 2 is 1.93 bits per heavy atom. The number of benzene rings is 1. The van der Waals surface area contributed by atoms with Gasteiger partial charge in [-0.25, -0.2) is 9.97 Å². The molecule has 2 saturated heterocycles. The molecule has 0 N–H and O–H groups in total. The molecule has 0 unspecified atom stereocenters.